The van der Waals surface area contributed by atoms with Crippen molar-refractivity contribution < 1.29 is 19.1 Å². The number of nitrogens with zero attached hydrogens (tertiary/aromatic N) is 1. The Kier molecular flexibility index (Phi) is 4.70. The number of hydrazine groups is 1. The Labute approximate surface area is 149 Å². The van der Waals surface area contributed by atoms with Gasteiger partial charge >= 0.3 is 5.97 Å². The summed E-state index contributed by atoms with van der Waals surface area (Å²) in [5.41, 5.74) is 6.80. The maximum absolute atomic E-state index is 12.4. The number of amides is 2. The monoisotopic (exact) mass is 351 g/mol. The normalized spacial score (nSPS) is 10.4. The number of carbonyl (C=O) groups excluding carboxylic acids is 3. The van der Waals surface area contributed by atoms with Crippen LogP contribution >= 0.6 is 0 Å². The number of esters is 1. The first-order chi connectivity index (χ1) is 12.5. The van der Waals surface area contributed by atoms with Gasteiger partial charge in [-0.25, -0.2) is 4.79 Å². The molecular weight excluding hydrogens is 334 g/mol. The molecule has 2 N–H and O–H groups in total. The lowest BCUT2D eigenvalue weighted by Gasteiger charge is -2.07. The van der Waals surface area contributed by atoms with E-state index in [0.717, 1.165) is 10.9 Å². The SMILES string of the molecule is COC(=O)c1ccc(C(=O)NNC(=O)c2cn(C)c3ccccc23)cc1. The molecule has 1 aromatic heterocycles. The van der Waals surface area contributed by atoms with Crippen molar-refractivity contribution in [2.45, 2.75) is 0 Å². The number of hydrogen-bond donors (Lipinski definition) is 2. The number of carbonyl (C=O) groups is 3. The summed E-state index contributed by atoms with van der Waals surface area (Å²) in [5, 5.41) is 0.796. The molecule has 0 bridgehead atoms. The number of benzene rings is 2. The van der Waals surface area contributed by atoms with Gasteiger partial charge in [-0.3, -0.25) is 20.4 Å². The highest BCUT2D eigenvalue weighted by atomic mass is 16.5. The first-order valence-corrected chi connectivity index (χ1v) is 7.84. The van der Waals surface area contributed by atoms with Crippen LogP contribution in [0.4, 0.5) is 0 Å². The first kappa shape index (κ1) is 17.2. The highest BCUT2D eigenvalue weighted by Gasteiger charge is 2.15. The van der Waals surface area contributed by atoms with Gasteiger partial charge in [0.2, 0.25) is 0 Å². The average Bonchev–Trinajstić information content (AvgIpc) is 3.02. The predicted octanol–water partition coefficient (Wildman–Crippen LogP) is 2.04. The molecule has 132 valence electrons. The van der Waals surface area contributed by atoms with Gasteiger partial charge in [0.05, 0.1) is 18.2 Å². The summed E-state index contributed by atoms with van der Waals surface area (Å²) in [5.74, 6) is -1.39. The van der Waals surface area contributed by atoms with E-state index in [1.807, 2.05) is 35.9 Å². The molecule has 1 heterocycles. The zero-order valence-electron chi connectivity index (χ0n) is 14.3. The van der Waals surface area contributed by atoms with Crippen molar-refractivity contribution in [3.8, 4) is 0 Å². The van der Waals surface area contributed by atoms with Gasteiger partial charge in [0, 0.05) is 29.7 Å². The number of ether oxygens (including phenoxy) is 1. The number of rotatable bonds is 3. The van der Waals surface area contributed by atoms with Gasteiger partial charge in [-0.05, 0) is 30.3 Å². The molecular formula is C19H17N3O4. The summed E-state index contributed by atoms with van der Waals surface area (Å²) in [4.78, 5) is 35.9. The van der Waals surface area contributed by atoms with Crippen LogP contribution in [-0.2, 0) is 11.8 Å². The molecule has 0 radical (unpaired) electrons. The molecule has 7 heteroatoms. The molecule has 0 aliphatic rings. The molecule has 2 amide bonds. The van der Waals surface area contributed by atoms with E-state index in [9.17, 15) is 14.4 Å². The van der Waals surface area contributed by atoms with Crippen molar-refractivity contribution in [2.24, 2.45) is 7.05 Å². The van der Waals surface area contributed by atoms with Crippen molar-refractivity contribution in [3.63, 3.8) is 0 Å². The van der Waals surface area contributed by atoms with Crippen LogP contribution in [0, 0.1) is 0 Å². The van der Waals surface area contributed by atoms with E-state index in [2.05, 4.69) is 15.6 Å². The lowest BCUT2D eigenvalue weighted by Crippen LogP contribution is -2.41. The Bertz CT molecular complexity index is 990. The quantitative estimate of drug-likeness (QED) is 0.558. The summed E-state index contributed by atoms with van der Waals surface area (Å²) in [6, 6.07) is 13.4. The number of fused-ring (bicyclic) bond motifs is 1. The van der Waals surface area contributed by atoms with Crippen LogP contribution in [0.2, 0.25) is 0 Å². The second kappa shape index (κ2) is 7.10. The standard InChI is InChI=1S/C19H17N3O4/c1-22-11-15(14-5-3-4-6-16(14)22)18(24)21-20-17(23)12-7-9-13(10-8-12)19(25)26-2/h3-11H,1-2H3,(H,20,23)(H,21,24). The van der Waals surface area contributed by atoms with E-state index in [4.69, 9.17) is 0 Å². The highest BCUT2D eigenvalue weighted by Crippen LogP contribution is 2.19. The summed E-state index contributed by atoms with van der Waals surface area (Å²) >= 11 is 0. The molecule has 0 fully saturated rings. The first-order valence-electron chi connectivity index (χ1n) is 7.84. The third-order valence-corrected chi connectivity index (χ3v) is 4.00. The maximum atomic E-state index is 12.4. The minimum Gasteiger partial charge on any atom is -0.465 e. The third kappa shape index (κ3) is 3.27. The van der Waals surface area contributed by atoms with Crippen molar-refractivity contribution in [1.82, 2.24) is 15.4 Å². The molecule has 7 nitrogen and oxygen atoms in total. The number of aromatic nitrogens is 1. The Hall–Kier alpha value is -3.61. The Balaban J connectivity index is 1.69. The van der Waals surface area contributed by atoms with Crippen LogP contribution in [-0.4, -0.2) is 29.5 Å². The summed E-state index contributed by atoms with van der Waals surface area (Å²) in [6.07, 6.45) is 1.71. The molecule has 0 aliphatic carbocycles. The van der Waals surface area contributed by atoms with Crippen molar-refractivity contribution in [1.29, 1.82) is 0 Å². The van der Waals surface area contributed by atoms with E-state index < -0.39 is 17.8 Å². The number of para-hydroxylation sites is 1. The fraction of sp³-hybridized carbons (Fsp3) is 0.105. The Morgan fingerprint density at radius 1 is 0.885 bits per heavy atom. The van der Waals surface area contributed by atoms with Gasteiger partial charge in [0.1, 0.15) is 0 Å². The molecule has 0 aliphatic heterocycles. The third-order valence-electron chi connectivity index (χ3n) is 4.00. The van der Waals surface area contributed by atoms with Gasteiger partial charge in [-0.2, -0.15) is 0 Å². The molecule has 0 saturated carbocycles. The number of methoxy groups -OCH3 is 1. The Morgan fingerprint density at radius 2 is 1.50 bits per heavy atom. The smallest absolute Gasteiger partial charge is 0.337 e. The van der Waals surface area contributed by atoms with Crippen LogP contribution in [0.5, 0.6) is 0 Å². The Morgan fingerprint density at radius 3 is 2.19 bits per heavy atom. The fourth-order valence-corrected chi connectivity index (χ4v) is 2.65. The number of nitrogens with one attached hydrogen (secondary N) is 2. The molecule has 3 aromatic rings. The number of hydrogen-bond acceptors (Lipinski definition) is 4. The molecule has 2 aromatic carbocycles. The van der Waals surface area contributed by atoms with Crippen molar-refractivity contribution in [2.75, 3.05) is 7.11 Å². The van der Waals surface area contributed by atoms with Crippen LogP contribution in [0.15, 0.2) is 54.7 Å². The van der Waals surface area contributed by atoms with Crippen LogP contribution in [0.1, 0.15) is 31.1 Å². The van der Waals surface area contributed by atoms with E-state index in [1.54, 1.807) is 6.20 Å². The van der Waals surface area contributed by atoms with E-state index >= 15 is 0 Å². The second-order valence-electron chi connectivity index (χ2n) is 5.65. The number of aryl methyl sites for hydroxylation is 1. The molecule has 0 saturated heterocycles. The van der Waals surface area contributed by atoms with Gasteiger partial charge in [-0.1, -0.05) is 18.2 Å². The summed E-state index contributed by atoms with van der Waals surface area (Å²) in [6.45, 7) is 0. The van der Waals surface area contributed by atoms with E-state index in [-0.39, 0.29) is 0 Å². The van der Waals surface area contributed by atoms with Gasteiger partial charge in [0.15, 0.2) is 0 Å². The average molecular weight is 351 g/mol. The van der Waals surface area contributed by atoms with Crippen LogP contribution in [0.3, 0.4) is 0 Å². The molecule has 3 rings (SSSR count). The molecule has 0 atom stereocenters. The largest absolute Gasteiger partial charge is 0.465 e. The topological polar surface area (TPSA) is 89.4 Å². The van der Waals surface area contributed by atoms with E-state index in [1.165, 1.54) is 31.4 Å². The summed E-state index contributed by atoms with van der Waals surface area (Å²) < 4.78 is 6.45. The lowest BCUT2D eigenvalue weighted by molar-refractivity contribution is 0.0600. The summed E-state index contributed by atoms with van der Waals surface area (Å²) in [7, 11) is 3.13. The van der Waals surface area contributed by atoms with Crippen molar-refractivity contribution in [3.05, 3.63) is 71.4 Å². The zero-order valence-corrected chi connectivity index (χ0v) is 14.3. The van der Waals surface area contributed by atoms with Gasteiger partial charge in [0.25, 0.3) is 11.8 Å². The molecule has 0 unspecified atom stereocenters. The zero-order chi connectivity index (χ0) is 18.7. The molecule has 26 heavy (non-hydrogen) atoms. The molecule has 0 spiro atoms. The van der Waals surface area contributed by atoms with Crippen LogP contribution in [0.25, 0.3) is 10.9 Å². The maximum Gasteiger partial charge on any atom is 0.337 e. The van der Waals surface area contributed by atoms with E-state index in [0.29, 0.717) is 16.7 Å². The second-order valence-corrected chi connectivity index (χ2v) is 5.65. The van der Waals surface area contributed by atoms with Gasteiger partial charge < -0.3 is 9.30 Å². The minimum atomic E-state index is -0.491. The van der Waals surface area contributed by atoms with Crippen molar-refractivity contribution >= 4 is 28.7 Å². The minimum absolute atomic E-state index is 0.302. The predicted molar refractivity (Wildman–Crippen MR) is 95.6 cm³/mol. The lowest BCUT2D eigenvalue weighted by atomic mass is 10.1. The highest BCUT2D eigenvalue weighted by molar-refractivity contribution is 6.08. The van der Waals surface area contributed by atoms with Crippen LogP contribution < -0.4 is 10.9 Å². The van der Waals surface area contributed by atoms with Gasteiger partial charge in [-0.15, -0.1) is 0 Å². The fourth-order valence-electron chi connectivity index (χ4n) is 2.65.